The molecule has 0 saturated carbocycles. The van der Waals surface area contributed by atoms with E-state index in [1.165, 1.54) is 5.69 Å². The van der Waals surface area contributed by atoms with Gasteiger partial charge in [0.2, 0.25) is 0 Å². The Morgan fingerprint density at radius 2 is 2.56 bits per heavy atom. The van der Waals surface area contributed by atoms with E-state index in [0.717, 1.165) is 11.7 Å². The third-order valence-corrected chi connectivity index (χ3v) is 1.81. The van der Waals surface area contributed by atoms with Crippen LogP contribution < -0.4 is 5.32 Å². The Bertz CT molecular complexity index is 251. The summed E-state index contributed by atoms with van der Waals surface area (Å²) in [4.78, 5) is 0. The Labute approximate surface area is 58.5 Å². The maximum atomic E-state index is 4.98. The van der Waals surface area contributed by atoms with Crippen molar-refractivity contribution in [1.29, 1.82) is 0 Å². The molecule has 0 unspecified atom stereocenters. The Kier molecular flexibility index (Phi) is 0.873. The van der Waals surface area contributed by atoms with E-state index in [-0.39, 0.29) is 0 Å². The highest BCUT2D eigenvalue weighted by Crippen LogP contribution is 2.06. The number of aromatic nitrogens is 1. The van der Waals surface area contributed by atoms with Gasteiger partial charge in [-0.2, -0.15) is 0 Å². The van der Waals surface area contributed by atoms with Crippen LogP contribution in [0, 0.1) is 0 Å². The van der Waals surface area contributed by atoms with E-state index >= 15 is 0 Å². The van der Waals surface area contributed by atoms with Crippen molar-refractivity contribution in [3.63, 3.8) is 0 Å². The van der Waals surface area contributed by atoms with Gasteiger partial charge in [-0.25, -0.2) is 0 Å². The second-order valence-corrected chi connectivity index (χ2v) is 2.41. The second-order valence-electron chi connectivity index (χ2n) is 2.03. The molecule has 1 aliphatic heterocycles. The summed E-state index contributed by atoms with van der Waals surface area (Å²) in [5.41, 5.74) is 1.25. The Morgan fingerprint density at radius 3 is 3.33 bits per heavy atom. The summed E-state index contributed by atoms with van der Waals surface area (Å²) >= 11 is 4.98. The van der Waals surface area contributed by atoms with Crippen molar-refractivity contribution in [3.05, 3.63) is 24.0 Å². The van der Waals surface area contributed by atoms with Gasteiger partial charge in [-0.15, -0.1) is 0 Å². The first-order valence-corrected chi connectivity index (χ1v) is 3.23. The second kappa shape index (κ2) is 1.57. The highest BCUT2D eigenvalue weighted by atomic mass is 32.1. The Balaban J connectivity index is 2.61. The SMILES string of the molecule is S=C1NCc2cccn21. The summed E-state index contributed by atoms with van der Waals surface area (Å²) in [7, 11) is 0. The van der Waals surface area contributed by atoms with Crippen LogP contribution in [0.5, 0.6) is 0 Å². The third-order valence-electron chi connectivity index (χ3n) is 1.47. The largest absolute Gasteiger partial charge is 0.356 e. The maximum absolute atomic E-state index is 4.98. The molecule has 9 heavy (non-hydrogen) atoms. The predicted molar refractivity (Wildman–Crippen MR) is 39.3 cm³/mol. The normalized spacial score (nSPS) is 15.3. The van der Waals surface area contributed by atoms with E-state index < -0.39 is 0 Å². The van der Waals surface area contributed by atoms with Gasteiger partial charge in [0.05, 0.1) is 6.54 Å². The van der Waals surface area contributed by atoms with E-state index in [0.29, 0.717) is 0 Å². The summed E-state index contributed by atoms with van der Waals surface area (Å²) in [6.45, 7) is 0.881. The fourth-order valence-corrected chi connectivity index (χ4v) is 1.26. The van der Waals surface area contributed by atoms with Gasteiger partial charge in [0.15, 0.2) is 5.11 Å². The lowest BCUT2D eigenvalue weighted by atomic mass is 10.4. The van der Waals surface area contributed by atoms with Crippen molar-refractivity contribution in [2.45, 2.75) is 6.54 Å². The predicted octanol–water partition coefficient (Wildman–Crippen LogP) is 0.724. The van der Waals surface area contributed by atoms with Crippen molar-refractivity contribution >= 4 is 17.3 Å². The first kappa shape index (κ1) is 4.99. The minimum Gasteiger partial charge on any atom is -0.356 e. The molecule has 46 valence electrons. The van der Waals surface area contributed by atoms with Crippen LogP contribution in [0.4, 0.5) is 0 Å². The molecule has 1 aromatic rings. The van der Waals surface area contributed by atoms with Crippen LogP contribution in [-0.2, 0) is 6.54 Å². The van der Waals surface area contributed by atoms with Gasteiger partial charge in [0.1, 0.15) is 0 Å². The summed E-state index contributed by atoms with van der Waals surface area (Å²) in [5, 5.41) is 3.87. The lowest BCUT2D eigenvalue weighted by molar-refractivity contribution is 0.968. The minimum atomic E-state index is 0.815. The van der Waals surface area contributed by atoms with E-state index in [1.54, 1.807) is 0 Å². The summed E-state index contributed by atoms with van der Waals surface area (Å²) < 4.78 is 1.98. The van der Waals surface area contributed by atoms with E-state index in [9.17, 15) is 0 Å². The van der Waals surface area contributed by atoms with Gasteiger partial charge >= 0.3 is 0 Å². The summed E-state index contributed by atoms with van der Waals surface area (Å²) in [6, 6.07) is 4.06. The van der Waals surface area contributed by atoms with Crippen LogP contribution in [0.3, 0.4) is 0 Å². The third kappa shape index (κ3) is 0.580. The molecule has 1 aromatic heterocycles. The molecule has 2 rings (SSSR count). The van der Waals surface area contributed by atoms with Gasteiger partial charge < -0.3 is 5.32 Å². The molecule has 2 nitrogen and oxygen atoms in total. The molecule has 3 heteroatoms. The minimum absolute atomic E-state index is 0.815. The lowest BCUT2D eigenvalue weighted by Crippen LogP contribution is -2.15. The standard InChI is InChI=1S/C6H6N2S/c9-6-7-4-5-2-1-3-8(5)6/h1-3H,4H2,(H,7,9). The zero-order valence-corrected chi connectivity index (χ0v) is 5.61. The summed E-state index contributed by atoms with van der Waals surface area (Å²) in [5.74, 6) is 0. The fraction of sp³-hybridized carbons (Fsp3) is 0.167. The van der Waals surface area contributed by atoms with Crippen molar-refractivity contribution < 1.29 is 0 Å². The number of hydrogen-bond acceptors (Lipinski definition) is 1. The fourth-order valence-electron chi connectivity index (χ4n) is 1.01. The maximum Gasteiger partial charge on any atom is 0.177 e. The zero-order chi connectivity index (χ0) is 6.27. The average molecular weight is 138 g/mol. The van der Waals surface area contributed by atoms with Gasteiger partial charge in [-0.05, 0) is 24.4 Å². The van der Waals surface area contributed by atoms with Crippen LogP contribution in [0.1, 0.15) is 5.69 Å². The van der Waals surface area contributed by atoms with Gasteiger partial charge in [-0.1, -0.05) is 0 Å². The van der Waals surface area contributed by atoms with Crippen molar-refractivity contribution in [2.24, 2.45) is 0 Å². The van der Waals surface area contributed by atoms with Gasteiger partial charge in [0, 0.05) is 11.9 Å². The van der Waals surface area contributed by atoms with E-state index in [4.69, 9.17) is 12.2 Å². The molecule has 0 spiro atoms. The van der Waals surface area contributed by atoms with E-state index in [2.05, 4.69) is 11.4 Å². The Morgan fingerprint density at radius 1 is 1.67 bits per heavy atom. The number of thiocarbonyl (C=S) groups is 1. The van der Waals surface area contributed by atoms with E-state index in [1.807, 2.05) is 16.8 Å². The van der Waals surface area contributed by atoms with Crippen LogP contribution in [0.15, 0.2) is 18.3 Å². The molecular weight excluding hydrogens is 132 g/mol. The average Bonchev–Trinajstić information content (AvgIpc) is 2.35. The first-order valence-electron chi connectivity index (χ1n) is 2.82. The molecule has 0 bridgehead atoms. The quantitative estimate of drug-likeness (QED) is 0.532. The summed E-state index contributed by atoms with van der Waals surface area (Å²) in [6.07, 6.45) is 1.97. The number of hydrogen-bond donors (Lipinski definition) is 1. The molecule has 0 aromatic carbocycles. The van der Waals surface area contributed by atoms with Crippen LogP contribution in [0.2, 0.25) is 0 Å². The highest BCUT2D eigenvalue weighted by molar-refractivity contribution is 7.80. The van der Waals surface area contributed by atoms with Crippen LogP contribution >= 0.6 is 12.2 Å². The van der Waals surface area contributed by atoms with Gasteiger partial charge in [-0.3, -0.25) is 4.57 Å². The molecule has 1 N–H and O–H groups in total. The first-order chi connectivity index (χ1) is 4.38. The molecular formula is C6H6N2S. The highest BCUT2D eigenvalue weighted by Gasteiger charge is 2.11. The molecule has 0 aliphatic carbocycles. The number of nitrogens with one attached hydrogen (secondary N) is 1. The molecule has 0 atom stereocenters. The molecule has 0 fully saturated rings. The van der Waals surface area contributed by atoms with Crippen molar-refractivity contribution in [2.75, 3.05) is 0 Å². The molecule has 2 heterocycles. The number of rotatable bonds is 0. The van der Waals surface area contributed by atoms with Crippen molar-refractivity contribution in [3.8, 4) is 0 Å². The smallest absolute Gasteiger partial charge is 0.177 e. The molecule has 0 radical (unpaired) electrons. The number of nitrogens with zero attached hydrogens (tertiary/aromatic N) is 1. The molecule has 0 saturated heterocycles. The van der Waals surface area contributed by atoms with Gasteiger partial charge in [0.25, 0.3) is 0 Å². The topological polar surface area (TPSA) is 17.0 Å². The molecule has 0 amide bonds. The molecule has 1 aliphatic rings. The number of fused-ring (bicyclic) bond motifs is 1. The van der Waals surface area contributed by atoms with Crippen LogP contribution in [0.25, 0.3) is 0 Å². The Hall–Kier alpha value is -0.830. The van der Waals surface area contributed by atoms with Crippen molar-refractivity contribution in [1.82, 2.24) is 9.88 Å². The lowest BCUT2D eigenvalue weighted by Gasteiger charge is -1.92. The monoisotopic (exact) mass is 138 g/mol. The van der Waals surface area contributed by atoms with Crippen LogP contribution in [-0.4, -0.2) is 9.68 Å². The zero-order valence-electron chi connectivity index (χ0n) is 4.79.